The van der Waals surface area contributed by atoms with Gasteiger partial charge in [0.1, 0.15) is 11.5 Å². The first kappa shape index (κ1) is 25.7. The number of ether oxygens (including phenoxy) is 1. The fourth-order valence-corrected chi connectivity index (χ4v) is 5.78. The molecule has 38 heavy (non-hydrogen) atoms. The second-order valence-electron chi connectivity index (χ2n) is 9.73. The molecule has 1 aromatic heterocycles. The van der Waals surface area contributed by atoms with Crippen LogP contribution < -0.4 is 9.64 Å². The molecule has 1 aliphatic rings. The number of ketones is 1. The molecule has 1 atom stereocenters. The molecule has 0 radical (unpaired) electrons. The Morgan fingerprint density at radius 3 is 2.45 bits per heavy atom. The van der Waals surface area contributed by atoms with Crippen molar-refractivity contribution in [3.05, 3.63) is 94.1 Å². The summed E-state index contributed by atoms with van der Waals surface area (Å²) in [5.74, 6) is -0.908. The van der Waals surface area contributed by atoms with Crippen LogP contribution in [0, 0.1) is 20.8 Å². The van der Waals surface area contributed by atoms with Crippen LogP contribution in [0.4, 0.5) is 5.13 Å². The van der Waals surface area contributed by atoms with E-state index in [2.05, 4.69) is 6.92 Å². The molecule has 6 nitrogen and oxygen atoms in total. The molecule has 1 amide bonds. The zero-order valence-electron chi connectivity index (χ0n) is 21.9. The van der Waals surface area contributed by atoms with Crippen LogP contribution in [0.1, 0.15) is 53.6 Å². The minimum absolute atomic E-state index is 0.0544. The molecule has 0 spiro atoms. The number of unbranched alkanes of at least 4 members (excludes halogenated alkanes) is 1. The molecule has 194 valence electrons. The summed E-state index contributed by atoms with van der Waals surface area (Å²) in [4.78, 5) is 33.2. The van der Waals surface area contributed by atoms with Crippen LogP contribution in [0.2, 0.25) is 0 Å². The number of aliphatic hydroxyl groups is 1. The molecule has 3 aromatic carbocycles. The molecule has 5 rings (SSSR count). The van der Waals surface area contributed by atoms with E-state index in [0.717, 1.165) is 39.7 Å². The zero-order valence-corrected chi connectivity index (χ0v) is 22.8. The van der Waals surface area contributed by atoms with E-state index in [-0.39, 0.29) is 11.3 Å². The van der Waals surface area contributed by atoms with Crippen molar-refractivity contribution < 1.29 is 19.4 Å². The van der Waals surface area contributed by atoms with E-state index < -0.39 is 17.7 Å². The number of hydrogen-bond donors (Lipinski definition) is 1. The van der Waals surface area contributed by atoms with Gasteiger partial charge in [-0.1, -0.05) is 60.6 Å². The van der Waals surface area contributed by atoms with Crippen LogP contribution in [0.25, 0.3) is 16.0 Å². The number of benzene rings is 3. The maximum atomic E-state index is 13.5. The van der Waals surface area contributed by atoms with Crippen molar-refractivity contribution in [1.29, 1.82) is 0 Å². The minimum atomic E-state index is -0.832. The summed E-state index contributed by atoms with van der Waals surface area (Å²) < 4.78 is 6.75. The zero-order chi connectivity index (χ0) is 27.0. The number of carbonyl (C=O) groups is 2. The highest BCUT2D eigenvalue weighted by atomic mass is 32.1. The topological polar surface area (TPSA) is 79.7 Å². The first-order valence-corrected chi connectivity index (χ1v) is 13.6. The summed E-state index contributed by atoms with van der Waals surface area (Å²) in [7, 11) is 0. The van der Waals surface area contributed by atoms with Crippen molar-refractivity contribution in [2.45, 2.75) is 46.6 Å². The quantitative estimate of drug-likeness (QED) is 0.121. The molecule has 0 aliphatic carbocycles. The fourth-order valence-electron chi connectivity index (χ4n) is 4.68. The van der Waals surface area contributed by atoms with E-state index >= 15 is 0 Å². The van der Waals surface area contributed by atoms with Gasteiger partial charge in [0, 0.05) is 5.56 Å². The molecular formula is C31H30N2O4S. The first-order valence-electron chi connectivity index (χ1n) is 12.8. The van der Waals surface area contributed by atoms with Crippen molar-refractivity contribution >= 4 is 44.1 Å². The fraction of sp³-hybridized carbons (Fsp3) is 0.258. The average molecular weight is 527 g/mol. The number of aromatic nitrogens is 1. The Balaban J connectivity index is 1.67. The SMILES string of the molecule is CCCCOc1ccc(C2C(=C(O)c3cc(C)ccc3C)C(=O)C(=O)N2c2nc3ccc(C)cc3s2)cc1. The Bertz CT molecular complexity index is 1570. The predicted octanol–water partition coefficient (Wildman–Crippen LogP) is 7.03. The van der Waals surface area contributed by atoms with Gasteiger partial charge >= 0.3 is 5.91 Å². The van der Waals surface area contributed by atoms with Crippen LogP contribution in [0.15, 0.2) is 66.2 Å². The number of fused-ring (bicyclic) bond motifs is 1. The van der Waals surface area contributed by atoms with Gasteiger partial charge in [-0.15, -0.1) is 0 Å². The Morgan fingerprint density at radius 2 is 1.71 bits per heavy atom. The maximum absolute atomic E-state index is 13.5. The summed E-state index contributed by atoms with van der Waals surface area (Å²) in [5.41, 5.74) is 4.87. The molecule has 1 saturated heterocycles. The number of rotatable bonds is 7. The average Bonchev–Trinajstić information content (AvgIpc) is 3.43. The third-order valence-electron chi connectivity index (χ3n) is 6.79. The Kier molecular flexibility index (Phi) is 7.04. The summed E-state index contributed by atoms with van der Waals surface area (Å²) in [6.07, 6.45) is 1.99. The van der Waals surface area contributed by atoms with Crippen LogP contribution in [0.3, 0.4) is 0 Å². The van der Waals surface area contributed by atoms with Crippen molar-refractivity contribution in [2.24, 2.45) is 0 Å². The first-order chi connectivity index (χ1) is 18.3. The smallest absolute Gasteiger partial charge is 0.301 e. The van der Waals surface area contributed by atoms with E-state index in [1.807, 2.05) is 81.4 Å². The standard InChI is InChI=1S/C31H30N2O4S/c1-5-6-15-37-22-12-10-21(11-13-22)27-26(28(34)23-16-18(2)7-9-20(23)4)29(35)30(36)33(27)31-32-24-14-8-19(3)17-25(24)38-31/h7-14,16-17,27,34H,5-6,15H2,1-4H3. The number of hydrogen-bond acceptors (Lipinski definition) is 6. The highest BCUT2D eigenvalue weighted by molar-refractivity contribution is 7.22. The van der Waals surface area contributed by atoms with Gasteiger partial charge in [-0.05, 0) is 74.2 Å². The molecule has 1 aliphatic heterocycles. The van der Waals surface area contributed by atoms with Gasteiger partial charge in [0.15, 0.2) is 5.13 Å². The highest BCUT2D eigenvalue weighted by Crippen LogP contribution is 2.45. The Hall–Kier alpha value is -3.97. The van der Waals surface area contributed by atoms with Crippen molar-refractivity contribution in [3.8, 4) is 5.75 Å². The Morgan fingerprint density at radius 1 is 1.00 bits per heavy atom. The summed E-state index contributed by atoms with van der Waals surface area (Å²) >= 11 is 1.36. The third kappa shape index (κ3) is 4.70. The van der Waals surface area contributed by atoms with Crippen LogP contribution in [0.5, 0.6) is 5.75 Å². The predicted molar refractivity (Wildman–Crippen MR) is 152 cm³/mol. The van der Waals surface area contributed by atoms with Gasteiger partial charge in [0.05, 0.1) is 28.4 Å². The number of anilines is 1. The van der Waals surface area contributed by atoms with Crippen LogP contribution in [-0.2, 0) is 9.59 Å². The van der Waals surface area contributed by atoms with E-state index in [9.17, 15) is 14.7 Å². The number of aryl methyl sites for hydroxylation is 3. The lowest BCUT2D eigenvalue weighted by molar-refractivity contribution is -0.132. The molecule has 2 heterocycles. The number of nitrogens with zero attached hydrogens (tertiary/aromatic N) is 2. The Labute approximate surface area is 226 Å². The number of carbonyl (C=O) groups excluding carboxylic acids is 2. The summed E-state index contributed by atoms with van der Waals surface area (Å²) in [5, 5.41) is 11.9. The largest absolute Gasteiger partial charge is 0.507 e. The second kappa shape index (κ2) is 10.4. The van der Waals surface area contributed by atoms with Gasteiger partial charge < -0.3 is 9.84 Å². The monoisotopic (exact) mass is 526 g/mol. The summed E-state index contributed by atoms with van der Waals surface area (Å²) in [6, 6.07) is 18.1. The molecule has 0 bridgehead atoms. The maximum Gasteiger partial charge on any atom is 0.301 e. The molecule has 7 heteroatoms. The van der Waals surface area contributed by atoms with E-state index in [1.54, 1.807) is 0 Å². The van der Waals surface area contributed by atoms with E-state index in [4.69, 9.17) is 9.72 Å². The number of thiazole rings is 1. The molecule has 4 aromatic rings. The van der Waals surface area contributed by atoms with E-state index in [0.29, 0.717) is 28.6 Å². The third-order valence-corrected chi connectivity index (χ3v) is 7.81. The second-order valence-corrected chi connectivity index (χ2v) is 10.7. The van der Waals surface area contributed by atoms with Gasteiger partial charge in [-0.25, -0.2) is 4.98 Å². The van der Waals surface area contributed by atoms with Gasteiger partial charge in [-0.2, -0.15) is 0 Å². The van der Waals surface area contributed by atoms with Crippen LogP contribution in [-0.4, -0.2) is 28.4 Å². The molecular weight excluding hydrogens is 496 g/mol. The molecule has 1 unspecified atom stereocenters. The number of aliphatic hydroxyl groups excluding tert-OH is 1. The lowest BCUT2D eigenvalue weighted by Gasteiger charge is -2.23. The van der Waals surface area contributed by atoms with E-state index in [1.165, 1.54) is 16.2 Å². The lowest BCUT2D eigenvalue weighted by atomic mass is 9.93. The van der Waals surface area contributed by atoms with Crippen molar-refractivity contribution in [2.75, 3.05) is 11.5 Å². The molecule has 1 N–H and O–H groups in total. The number of amides is 1. The van der Waals surface area contributed by atoms with Gasteiger partial charge in [0.2, 0.25) is 0 Å². The number of Topliss-reactive ketones (excluding diaryl/α,β-unsaturated/α-hetero) is 1. The molecule has 1 fully saturated rings. The van der Waals surface area contributed by atoms with Crippen molar-refractivity contribution in [1.82, 2.24) is 4.98 Å². The minimum Gasteiger partial charge on any atom is -0.507 e. The van der Waals surface area contributed by atoms with Gasteiger partial charge in [0.25, 0.3) is 5.78 Å². The normalized spacial score (nSPS) is 16.9. The van der Waals surface area contributed by atoms with Crippen LogP contribution >= 0.6 is 11.3 Å². The molecule has 0 saturated carbocycles. The highest BCUT2D eigenvalue weighted by Gasteiger charge is 2.48. The van der Waals surface area contributed by atoms with Gasteiger partial charge in [-0.3, -0.25) is 14.5 Å². The summed E-state index contributed by atoms with van der Waals surface area (Å²) in [6.45, 7) is 8.52. The van der Waals surface area contributed by atoms with Crippen molar-refractivity contribution in [3.63, 3.8) is 0 Å². The lowest BCUT2D eigenvalue weighted by Crippen LogP contribution is -2.29.